The third kappa shape index (κ3) is 3.71. The molecule has 0 atom stereocenters. The fraction of sp³-hybridized carbons (Fsp3) is 0.550. The van der Waals surface area contributed by atoms with Gasteiger partial charge in [0.2, 0.25) is 0 Å². The summed E-state index contributed by atoms with van der Waals surface area (Å²) in [6, 6.07) is 4.41. The van der Waals surface area contributed by atoms with E-state index in [1.54, 1.807) is 0 Å². The van der Waals surface area contributed by atoms with E-state index in [0.29, 0.717) is 5.78 Å². The molecule has 0 unspecified atom stereocenters. The van der Waals surface area contributed by atoms with Gasteiger partial charge >= 0.3 is 0 Å². The first-order valence-corrected chi connectivity index (χ1v) is 9.48. The maximum Gasteiger partial charge on any atom is 0.160 e. The summed E-state index contributed by atoms with van der Waals surface area (Å²) in [6.45, 7) is 6.52. The molecule has 1 aliphatic carbocycles. The van der Waals surface area contributed by atoms with E-state index in [-0.39, 0.29) is 11.5 Å². The number of allylic oxidation sites excluding steroid dienone is 1. The Morgan fingerprint density at radius 1 is 1.26 bits per heavy atom. The van der Waals surface area contributed by atoms with Crippen molar-refractivity contribution in [2.45, 2.75) is 64.8 Å². The molecule has 1 N–H and O–H groups in total. The molecule has 124 valence electrons. The smallest absolute Gasteiger partial charge is 0.160 e. The number of rotatable bonds is 2. The molecule has 2 aliphatic rings. The van der Waals surface area contributed by atoms with E-state index in [4.69, 9.17) is 0 Å². The van der Waals surface area contributed by atoms with E-state index >= 15 is 0 Å². The summed E-state index contributed by atoms with van der Waals surface area (Å²) in [5.74, 6) is 0.521. The van der Waals surface area contributed by atoms with Crippen molar-refractivity contribution in [1.29, 1.82) is 0 Å². The molecule has 1 saturated carbocycles. The maximum atomic E-state index is 12.7. The van der Waals surface area contributed by atoms with Crippen LogP contribution in [0.4, 0.5) is 0 Å². The van der Waals surface area contributed by atoms with Crippen LogP contribution in [-0.4, -0.2) is 11.3 Å². The Bertz CT molecular complexity index is 654. The number of carbonyl (C=O) groups excluding carboxylic acids is 1. The van der Waals surface area contributed by atoms with E-state index in [2.05, 4.69) is 54.2 Å². The Balaban J connectivity index is 1.96. The maximum absolute atomic E-state index is 12.7. The second-order valence-corrected chi connectivity index (χ2v) is 8.59. The molecule has 1 aliphatic heterocycles. The molecule has 1 fully saturated rings. The summed E-state index contributed by atoms with van der Waals surface area (Å²) in [7, 11) is 0. The molecule has 1 aromatic carbocycles. The lowest BCUT2D eigenvalue weighted by Crippen LogP contribution is -2.44. The lowest BCUT2D eigenvalue weighted by atomic mass is 9.82. The van der Waals surface area contributed by atoms with Gasteiger partial charge < -0.3 is 5.32 Å². The topological polar surface area (TPSA) is 29.1 Å². The predicted molar refractivity (Wildman–Crippen MR) is 99.4 cm³/mol. The lowest BCUT2D eigenvalue weighted by Gasteiger charge is -2.36. The van der Waals surface area contributed by atoms with Gasteiger partial charge in [-0.1, -0.05) is 41.3 Å². The highest BCUT2D eigenvalue weighted by atomic mass is 79.9. The first-order chi connectivity index (χ1) is 10.9. The van der Waals surface area contributed by atoms with Crippen molar-refractivity contribution in [2.24, 2.45) is 5.92 Å². The van der Waals surface area contributed by atoms with Crippen LogP contribution in [0.2, 0.25) is 0 Å². The Labute approximate surface area is 147 Å². The zero-order chi connectivity index (χ0) is 16.6. The van der Waals surface area contributed by atoms with Gasteiger partial charge in [0.25, 0.3) is 0 Å². The first kappa shape index (κ1) is 16.8. The second kappa shape index (κ2) is 6.43. The number of hydrogen-bond donors (Lipinski definition) is 1. The number of benzene rings is 1. The van der Waals surface area contributed by atoms with E-state index < -0.39 is 0 Å². The number of nitrogens with one attached hydrogen (secondary N) is 1. The fourth-order valence-electron chi connectivity index (χ4n) is 3.85. The van der Waals surface area contributed by atoms with E-state index in [1.165, 1.54) is 36.0 Å². The molecular weight excluding hydrogens is 350 g/mol. The summed E-state index contributed by atoms with van der Waals surface area (Å²) in [4.78, 5) is 12.7. The lowest BCUT2D eigenvalue weighted by molar-refractivity contribution is -0.119. The van der Waals surface area contributed by atoms with Crippen molar-refractivity contribution in [1.82, 2.24) is 5.32 Å². The summed E-state index contributed by atoms with van der Waals surface area (Å²) < 4.78 is 1.11. The Kier molecular flexibility index (Phi) is 4.68. The highest BCUT2D eigenvalue weighted by Crippen LogP contribution is 2.34. The van der Waals surface area contributed by atoms with Crippen molar-refractivity contribution in [3.63, 3.8) is 0 Å². The Morgan fingerprint density at radius 3 is 2.65 bits per heavy atom. The van der Waals surface area contributed by atoms with Gasteiger partial charge in [0.1, 0.15) is 0 Å². The first-order valence-electron chi connectivity index (χ1n) is 8.69. The molecule has 0 radical (unpaired) electrons. The molecule has 0 saturated heterocycles. The Hall–Kier alpha value is -1.09. The number of carbonyl (C=O) groups is 1. The van der Waals surface area contributed by atoms with Crippen molar-refractivity contribution >= 4 is 27.4 Å². The van der Waals surface area contributed by atoms with E-state index in [0.717, 1.165) is 29.4 Å². The fourth-order valence-corrected chi connectivity index (χ4v) is 4.19. The molecule has 0 bridgehead atoms. The van der Waals surface area contributed by atoms with Gasteiger partial charge in [-0.15, -0.1) is 0 Å². The number of hydrogen-bond acceptors (Lipinski definition) is 2. The number of fused-ring (bicyclic) bond motifs is 1. The minimum Gasteiger partial charge on any atom is -0.379 e. The monoisotopic (exact) mass is 375 g/mol. The number of aryl methyl sites for hydroxylation is 1. The van der Waals surface area contributed by atoms with Crippen LogP contribution < -0.4 is 5.32 Å². The van der Waals surface area contributed by atoms with Crippen LogP contribution in [0, 0.1) is 12.8 Å². The molecular formula is C20H26BrNO. The quantitative estimate of drug-likeness (QED) is 0.722. The van der Waals surface area contributed by atoms with Gasteiger partial charge in [0.15, 0.2) is 5.78 Å². The van der Waals surface area contributed by atoms with Crippen molar-refractivity contribution in [3.05, 3.63) is 39.4 Å². The molecule has 1 aromatic rings. The molecule has 0 amide bonds. The standard InChI is InChI=1S/C20H26BrNO/c1-13-9-15-12-20(2,3)22-18(16(15)10-17(13)21)11-19(23)14-7-5-4-6-8-14/h9-11,14,22H,4-8,12H2,1-3H3. The van der Waals surface area contributed by atoms with E-state index in [9.17, 15) is 4.79 Å². The highest BCUT2D eigenvalue weighted by Gasteiger charge is 2.29. The summed E-state index contributed by atoms with van der Waals surface area (Å²) in [6.07, 6.45) is 8.62. The zero-order valence-corrected chi connectivity index (χ0v) is 15.9. The van der Waals surface area contributed by atoms with Crippen LogP contribution >= 0.6 is 15.9 Å². The molecule has 3 rings (SSSR count). The highest BCUT2D eigenvalue weighted by molar-refractivity contribution is 9.10. The third-order valence-corrected chi connectivity index (χ3v) is 5.93. The summed E-state index contributed by atoms with van der Waals surface area (Å²) in [5, 5.41) is 3.59. The van der Waals surface area contributed by atoms with Gasteiger partial charge in [-0.2, -0.15) is 0 Å². The van der Waals surface area contributed by atoms with Crippen LogP contribution in [0.5, 0.6) is 0 Å². The second-order valence-electron chi connectivity index (χ2n) is 7.74. The summed E-state index contributed by atoms with van der Waals surface area (Å²) in [5.41, 5.74) is 4.72. The average Bonchev–Trinajstić information content (AvgIpc) is 2.49. The zero-order valence-electron chi connectivity index (χ0n) is 14.3. The van der Waals surface area contributed by atoms with Gasteiger partial charge in [-0.05, 0) is 57.2 Å². The minimum absolute atomic E-state index is 0.0219. The van der Waals surface area contributed by atoms with Gasteiger partial charge in [-0.25, -0.2) is 0 Å². The minimum atomic E-state index is -0.0219. The Morgan fingerprint density at radius 2 is 1.96 bits per heavy atom. The summed E-state index contributed by atoms with van der Waals surface area (Å²) >= 11 is 3.63. The van der Waals surface area contributed by atoms with Crippen LogP contribution in [0.3, 0.4) is 0 Å². The average molecular weight is 376 g/mol. The van der Waals surface area contributed by atoms with Crippen LogP contribution in [-0.2, 0) is 11.2 Å². The molecule has 1 heterocycles. The van der Waals surface area contributed by atoms with E-state index in [1.807, 2.05) is 6.08 Å². The molecule has 3 heteroatoms. The van der Waals surface area contributed by atoms with Crippen LogP contribution in [0.1, 0.15) is 62.6 Å². The number of ketones is 1. The van der Waals surface area contributed by atoms with Gasteiger partial charge in [-0.3, -0.25) is 4.79 Å². The van der Waals surface area contributed by atoms with Gasteiger partial charge in [0, 0.05) is 33.3 Å². The molecule has 23 heavy (non-hydrogen) atoms. The molecule has 2 nitrogen and oxygen atoms in total. The third-order valence-electron chi connectivity index (χ3n) is 5.07. The number of halogens is 1. The van der Waals surface area contributed by atoms with Crippen LogP contribution in [0.25, 0.3) is 5.70 Å². The normalized spacial score (nSPS) is 22.5. The molecule has 0 aromatic heterocycles. The largest absolute Gasteiger partial charge is 0.379 e. The molecule has 0 spiro atoms. The SMILES string of the molecule is Cc1cc2c(cc1Br)C(=CC(=O)C1CCCCC1)NC(C)(C)C2. The van der Waals surface area contributed by atoms with Gasteiger partial charge in [0.05, 0.1) is 0 Å². The predicted octanol–water partition coefficient (Wildman–Crippen LogP) is 5.17. The van der Waals surface area contributed by atoms with Crippen molar-refractivity contribution < 1.29 is 4.79 Å². The van der Waals surface area contributed by atoms with Crippen molar-refractivity contribution in [2.75, 3.05) is 0 Å². The van der Waals surface area contributed by atoms with Crippen LogP contribution in [0.15, 0.2) is 22.7 Å². The van der Waals surface area contributed by atoms with Crippen molar-refractivity contribution in [3.8, 4) is 0 Å².